The molecule has 2 aromatic rings. The highest BCUT2D eigenvalue weighted by Crippen LogP contribution is 2.34. The fraction of sp³-hybridized carbons (Fsp3) is 0.333. The SMILES string of the molecule is O=C(NCc1cccnc1)C1=NOC2(CCCN(C(=O)c3ccc(F)cc3)C2)C1. The number of hydrogen-bond donors (Lipinski definition) is 1. The van der Waals surface area contributed by atoms with Gasteiger partial charge in [0.15, 0.2) is 5.60 Å². The van der Waals surface area contributed by atoms with E-state index in [-0.39, 0.29) is 17.6 Å². The first-order valence-electron chi connectivity index (χ1n) is 9.52. The van der Waals surface area contributed by atoms with E-state index in [0.29, 0.717) is 43.8 Å². The maximum absolute atomic E-state index is 13.1. The summed E-state index contributed by atoms with van der Waals surface area (Å²) >= 11 is 0. The predicted molar refractivity (Wildman–Crippen MR) is 103 cm³/mol. The number of nitrogens with zero attached hydrogens (tertiary/aromatic N) is 3. The van der Waals surface area contributed by atoms with E-state index in [9.17, 15) is 14.0 Å². The van der Waals surface area contributed by atoms with Crippen LogP contribution in [0.1, 0.15) is 35.2 Å². The molecule has 1 aromatic carbocycles. The molecule has 1 saturated heterocycles. The first kappa shape index (κ1) is 19.0. The fourth-order valence-electron chi connectivity index (χ4n) is 3.70. The average molecular weight is 396 g/mol. The second-order valence-electron chi connectivity index (χ2n) is 7.37. The van der Waals surface area contributed by atoms with E-state index in [2.05, 4.69) is 15.5 Å². The average Bonchev–Trinajstić information content (AvgIpc) is 3.16. The Bertz CT molecular complexity index is 933. The molecule has 2 amide bonds. The highest BCUT2D eigenvalue weighted by atomic mass is 19.1. The van der Waals surface area contributed by atoms with Crippen LogP contribution in [0.4, 0.5) is 4.39 Å². The Hall–Kier alpha value is -3.29. The summed E-state index contributed by atoms with van der Waals surface area (Å²) in [5.41, 5.74) is 0.958. The third-order valence-electron chi connectivity index (χ3n) is 5.19. The van der Waals surface area contributed by atoms with Gasteiger partial charge in [0.1, 0.15) is 11.5 Å². The van der Waals surface area contributed by atoms with Crippen molar-refractivity contribution in [3.63, 3.8) is 0 Å². The molecule has 0 saturated carbocycles. The summed E-state index contributed by atoms with van der Waals surface area (Å²) in [4.78, 5) is 36.6. The maximum Gasteiger partial charge on any atom is 0.269 e. The number of halogens is 1. The number of piperidine rings is 1. The zero-order valence-electron chi connectivity index (χ0n) is 15.8. The van der Waals surface area contributed by atoms with E-state index in [1.165, 1.54) is 24.3 Å². The quantitative estimate of drug-likeness (QED) is 0.860. The summed E-state index contributed by atoms with van der Waals surface area (Å²) in [5.74, 6) is -0.846. The molecule has 1 spiro atoms. The van der Waals surface area contributed by atoms with Crippen molar-refractivity contribution in [2.24, 2.45) is 5.16 Å². The van der Waals surface area contributed by atoms with Gasteiger partial charge in [0, 0.05) is 37.5 Å². The summed E-state index contributed by atoms with van der Waals surface area (Å²) in [6.07, 6.45) is 5.16. The third kappa shape index (κ3) is 4.26. The van der Waals surface area contributed by atoms with Gasteiger partial charge in [-0.3, -0.25) is 14.6 Å². The highest BCUT2D eigenvalue weighted by Gasteiger charge is 2.45. The molecule has 1 aromatic heterocycles. The molecule has 1 fully saturated rings. The minimum atomic E-state index is -0.686. The fourth-order valence-corrected chi connectivity index (χ4v) is 3.70. The first-order chi connectivity index (χ1) is 14.0. The van der Waals surface area contributed by atoms with Crippen LogP contribution in [0.25, 0.3) is 0 Å². The molecule has 29 heavy (non-hydrogen) atoms. The van der Waals surface area contributed by atoms with Gasteiger partial charge in [0.05, 0.1) is 6.54 Å². The number of nitrogens with one attached hydrogen (secondary N) is 1. The predicted octanol–water partition coefficient (Wildman–Crippen LogP) is 2.29. The zero-order chi connectivity index (χ0) is 20.3. The van der Waals surface area contributed by atoms with Crippen molar-refractivity contribution < 1.29 is 18.8 Å². The number of rotatable bonds is 4. The standard InChI is InChI=1S/C21H21FN4O3/c22-17-6-4-16(5-7-17)20(28)26-10-2-8-21(14-26)11-18(25-29-21)19(27)24-13-15-3-1-9-23-12-15/h1,3-7,9,12H,2,8,10-11,13-14H2,(H,24,27). The molecule has 2 aliphatic heterocycles. The van der Waals surface area contributed by atoms with E-state index in [1.54, 1.807) is 23.4 Å². The van der Waals surface area contributed by atoms with Gasteiger partial charge in [-0.15, -0.1) is 0 Å². The lowest BCUT2D eigenvalue weighted by Crippen LogP contribution is -2.51. The number of hydrogen-bond acceptors (Lipinski definition) is 5. The van der Waals surface area contributed by atoms with E-state index in [0.717, 1.165) is 12.0 Å². The highest BCUT2D eigenvalue weighted by molar-refractivity contribution is 6.39. The van der Waals surface area contributed by atoms with Gasteiger partial charge in [-0.05, 0) is 48.7 Å². The minimum Gasteiger partial charge on any atom is -0.386 e. The number of likely N-dealkylation sites (tertiary alicyclic amines) is 1. The molecule has 3 heterocycles. The van der Waals surface area contributed by atoms with Gasteiger partial charge in [0.2, 0.25) is 0 Å². The number of carbonyl (C=O) groups is 2. The molecular weight excluding hydrogens is 375 g/mol. The smallest absolute Gasteiger partial charge is 0.269 e. The first-order valence-corrected chi connectivity index (χ1v) is 9.52. The summed E-state index contributed by atoms with van der Waals surface area (Å²) < 4.78 is 13.1. The Morgan fingerprint density at radius 1 is 1.24 bits per heavy atom. The molecular formula is C21H21FN4O3. The molecule has 0 aliphatic carbocycles. The lowest BCUT2D eigenvalue weighted by Gasteiger charge is -2.38. The van der Waals surface area contributed by atoms with Gasteiger partial charge >= 0.3 is 0 Å². The van der Waals surface area contributed by atoms with Crippen molar-refractivity contribution in [3.05, 3.63) is 65.7 Å². The van der Waals surface area contributed by atoms with Gasteiger partial charge in [-0.25, -0.2) is 4.39 Å². The lowest BCUT2D eigenvalue weighted by atomic mass is 9.87. The molecule has 1 atom stereocenters. The zero-order valence-corrected chi connectivity index (χ0v) is 15.8. The number of pyridine rings is 1. The number of benzene rings is 1. The van der Waals surface area contributed by atoms with Crippen LogP contribution in [0.15, 0.2) is 53.9 Å². The Balaban J connectivity index is 1.36. The molecule has 2 aliphatic rings. The Morgan fingerprint density at radius 3 is 2.83 bits per heavy atom. The molecule has 7 nitrogen and oxygen atoms in total. The van der Waals surface area contributed by atoms with E-state index < -0.39 is 5.60 Å². The summed E-state index contributed by atoms with van der Waals surface area (Å²) in [7, 11) is 0. The van der Waals surface area contributed by atoms with Crippen LogP contribution in [0, 0.1) is 5.82 Å². The van der Waals surface area contributed by atoms with Crippen LogP contribution in [0.5, 0.6) is 0 Å². The maximum atomic E-state index is 13.1. The molecule has 150 valence electrons. The number of carbonyl (C=O) groups excluding carboxylic acids is 2. The van der Waals surface area contributed by atoms with Gasteiger partial charge < -0.3 is 15.1 Å². The van der Waals surface area contributed by atoms with Gasteiger partial charge in [0.25, 0.3) is 11.8 Å². The normalized spacial score (nSPS) is 20.9. The Kier molecular flexibility index (Phi) is 5.24. The monoisotopic (exact) mass is 396 g/mol. The topological polar surface area (TPSA) is 83.9 Å². The summed E-state index contributed by atoms with van der Waals surface area (Å²) in [5, 5.41) is 6.83. The second-order valence-corrected chi connectivity index (χ2v) is 7.37. The van der Waals surface area contributed by atoms with Crippen LogP contribution < -0.4 is 5.32 Å². The Labute approximate surface area is 167 Å². The van der Waals surface area contributed by atoms with Crippen molar-refractivity contribution in [2.75, 3.05) is 13.1 Å². The van der Waals surface area contributed by atoms with Crippen LogP contribution in [-0.2, 0) is 16.2 Å². The van der Waals surface area contributed by atoms with E-state index in [4.69, 9.17) is 4.84 Å². The molecule has 4 rings (SSSR count). The largest absolute Gasteiger partial charge is 0.386 e. The molecule has 0 bridgehead atoms. The molecule has 8 heteroatoms. The van der Waals surface area contributed by atoms with Crippen LogP contribution in [-0.4, -0.2) is 46.1 Å². The van der Waals surface area contributed by atoms with Crippen LogP contribution in [0.3, 0.4) is 0 Å². The summed E-state index contributed by atoms with van der Waals surface area (Å²) in [6, 6.07) is 9.17. The van der Waals surface area contributed by atoms with Crippen LogP contribution in [0.2, 0.25) is 0 Å². The molecule has 1 unspecified atom stereocenters. The second kappa shape index (κ2) is 7.98. The van der Waals surface area contributed by atoms with Gasteiger partial charge in [-0.1, -0.05) is 11.2 Å². The third-order valence-corrected chi connectivity index (χ3v) is 5.19. The number of amides is 2. The van der Waals surface area contributed by atoms with Crippen molar-refractivity contribution in [3.8, 4) is 0 Å². The Morgan fingerprint density at radius 2 is 2.07 bits per heavy atom. The van der Waals surface area contributed by atoms with Crippen molar-refractivity contribution in [1.82, 2.24) is 15.2 Å². The lowest BCUT2D eigenvalue weighted by molar-refractivity contribution is -0.115. The van der Waals surface area contributed by atoms with Crippen LogP contribution >= 0.6 is 0 Å². The van der Waals surface area contributed by atoms with Crippen molar-refractivity contribution >= 4 is 17.5 Å². The van der Waals surface area contributed by atoms with Crippen molar-refractivity contribution in [2.45, 2.75) is 31.4 Å². The van der Waals surface area contributed by atoms with E-state index in [1.807, 2.05) is 6.07 Å². The van der Waals surface area contributed by atoms with Crippen molar-refractivity contribution in [1.29, 1.82) is 0 Å². The van der Waals surface area contributed by atoms with E-state index >= 15 is 0 Å². The van der Waals surface area contributed by atoms with Gasteiger partial charge in [-0.2, -0.15) is 0 Å². The minimum absolute atomic E-state index is 0.179. The summed E-state index contributed by atoms with van der Waals surface area (Å²) in [6.45, 7) is 1.28. The number of oxime groups is 1. The number of aromatic nitrogens is 1. The molecule has 0 radical (unpaired) electrons. The molecule has 1 N–H and O–H groups in total.